The van der Waals surface area contributed by atoms with E-state index in [2.05, 4.69) is 23.6 Å². The van der Waals surface area contributed by atoms with Crippen LogP contribution in [0.4, 0.5) is 0 Å². The molecule has 0 aromatic heterocycles. The quantitative estimate of drug-likeness (QED) is 0.864. The summed E-state index contributed by atoms with van der Waals surface area (Å²) in [6.45, 7) is 9.16. The Bertz CT molecular complexity index is 502. The zero-order chi connectivity index (χ0) is 15.0. The van der Waals surface area contributed by atoms with Crippen LogP contribution in [-0.2, 0) is 16.0 Å². The van der Waals surface area contributed by atoms with Crippen molar-refractivity contribution < 1.29 is 14.6 Å². The van der Waals surface area contributed by atoms with E-state index in [1.807, 2.05) is 32.0 Å². The van der Waals surface area contributed by atoms with Gasteiger partial charge in [0.2, 0.25) is 0 Å². The van der Waals surface area contributed by atoms with Gasteiger partial charge in [-0.15, -0.1) is 6.58 Å². The second kappa shape index (κ2) is 5.54. The minimum Gasteiger partial charge on any atom is -0.388 e. The summed E-state index contributed by atoms with van der Waals surface area (Å²) in [5.41, 5.74) is 1.22. The molecule has 0 spiro atoms. The van der Waals surface area contributed by atoms with Crippen molar-refractivity contribution in [2.24, 2.45) is 0 Å². The smallest absolute Gasteiger partial charge is 0.163 e. The van der Waals surface area contributed by atoms with E-state index in [1.54, 1.807) is 6.08 Å². The maximum atomic E-state index is 10.6. The summed E-state index contributed by atoms with van der Waals surface area (Å²) in [5, 5.41) is 10.6. The first kappa shape index (κ1) is 14.7. The number of nitrogens with zero attached hydrogens (tertiary/aromatic N) is 1. The lowest BCUT2D eigenvalue weighted by molar-refractivity contribution is -0.153. The molecule has 4 heteroatoms. The molecule has 2 saturated heterocycles. The summed E-state index contributed by atoms with van der Waals surface area (Å²) < 4.78 is 11.8. The first-order valence-corrected chi connectivity index (χ1v) is 7.44. The fraction of sp³-hybridized carbons (Fsp3) is 0.529. The van der Waals surface area contributed by atoms with Crippen LogP contribution in [0.3, 0.4) is 0 Å². The van der Waals surface area contributed by atoms with E-state index in [1.165, 1.54) is 5.56 Å². The Morgan fingerprint density at radius 1 is 1.33 bits per heavy atom. The maximum Gasteiger partial charge on any atom is 0.163 e. The molecule has 21 heavy (non-hydrogen) atoms. The number of hydrogen-bond donors (Lipinski definition) is 1. The molecule has 0 amide bonds. The van der Waals surface area contributed by atoms with Crippen molar-refractivity contribution in [1.29, 1.82) is 0 Å². The molecule has 2 fully saturated rings. The number of aliphatic hydroxyl groups is 1. The number of hydrogen-bond acceptors (Lipinski definition) is 4. The molecule has 2 aliphatic rings. The summed E-state index contributed by atoms with van der Waals surface area (Å²) in [5.74, 6) is -0.634. The molecule has 0 radical (unpaired) electrons. The van der Waals surface area contributed by atoms with Gasteiger partial charge in [0, 0.05) is 13.1 Å². The third-order valence-electron chi connectivity index (χ3n) is 4.21. The first-order chi connectivity index (χ1) is 10.00. The van der Waals surface area contributed by atoms with Crippen molar-refractivity contribution in [3.63, 3.8) is 0 Å². The monoisotopic (exact) mass is 289 g/mol. The van der Waals surface area contributed by atoms with E-state index < -0.39 is 11.9 Å². The van der Waals surface area contributed by atoms with Crippen molar-refractivity contribution in [3.8, 4) is 0 Å². The van der Waals surface area contributed by atoms with E-state index in [0.717, 1.165) is 13.1 Å². The number of piperidine rings is 1. The lowest BCUT2D eigenvalue weighted by Crippen LogP contribution is -2.59. The van der Waals surface area contributed by atoms with Gasteiger partial charge in [-0.25, -0.2) is 0 Å². The van der Waals surface area contributed by atoms with Gasteiger partial charge < -0.3 is 14.6 Å². The van der Waals surface area contributed by atoms with Crippen molar-refractivity contribution in [2.75, 3.05) is 6.54 Å². The van der Waals surface area contributed by atoms with Crippen LogP contribution in [0.1, 0.15) is 19.4 Å². The van der Waals surface area contributed by atoms with Crippen molar-refractivity contribution in [1.82, 2.24) is 4.90 Å². The second-order valence-electron chi connectivity index (χ2n) is 6.27. The highest BCUT2D eigenvalue weighted by atomic mass is 16.8. The number of likely N-dealkylation sites (tertiary alicyclic amines) is 1. The third-order valence-corrected chi connectivity index (χ3v) is 4.21. The second-order valence-corrected chi connectivity index (χ2v) is 6.27. The van der Waals surface area contributed by atoms with Crippen molar-refractivity contribution >= 4 is 0 Å². The van der Waals surface area contributed by atoms with Gasteiger partial charge in [-0.2, -0.15) is 0 Å². The van der Waals surface area contributed by atoms with Crippen molar-refractivity contribution in [3.05, 3.63) is 48.6 Å². The molecule has 2 aliphatic heterocycles. The molecular weight excluding hydrogens is 266 g/mol. The molecule has 1 N–H and O–H groups in total. The third kappa shape index (κ3) is 2.90. The lowest BCUT2D eigenvalue weighted by Gasteiger charge is -2.42. The van der Waals surface area contributed by atoms with E-state index >= 15 is 0 Å². The molecule has 3 rings (SSSR count). The number of rotatable bonds is 3. The predicted molar refractivity (Wildman–Crippen MR) is 80.7 cm³/mol. The summed E-state index contributed by atoms with van der Waals surface area (Å²) in [6.07, 6.45) is 0.801. The normalized spacial score (nSPS) is 35.4. The summed E-state index contributed by atoms with van der Waals surface area (Å²) in [7, 11) is 0. The van der Waals surface area contributed by atoms with Gasteiger partial charge in [-0.3, -0.25) is 4.90 Å². The molecule has 4 nitrogen and oxygen atoms in total. The summed E-state index contributed by atoms with van der Waals surface area (Å²) in [4.78, 5) is 2.21. The van der Waals surface area contributed by atoms with Crippen LogP contribution >= 0.6 is 0 Å². The van der Waals surface area contributed by atoms with Gasteiger partial charge in [0.25, 0.3) is 0 Å². The minimum atomic E-state index is -0.634. The minimum absolute atomic E-state index is 0.102. The van der Waals surface area contributed by atoms with Crippen LogP contribution in [0.15, 0.2) is 43.0 Å². The average Bonchev–Trinajstić information content (AvgIpc) is 2.75. The van der Waals surface area contributed by atoms with Crippen molar-refractivity contribution in [2.45, 2.75) is 50.5 Å². The van der Waals surface area contributed by atoms with Gasteiger partial charge in [0.15, 0.2) is 5.79 Å². The number of fused-ring (bicyclic) bond motifs is 1. The standard InChI is InChI=1S/C17H23NO3/c1-4-13-15(19)16-14(20-17(2,3)21-16)11-18(13)10-12-8-6-5-7-9-12/h4-9,13-16,19H,1,10-11H2,2-3H3/t13-,14+,15-,16-/m1/s1. The molecule has 114 valence electrons. The zero-order valence-electron chi connectivity index (χ0n) is 12.6. The van der Waals surface area contributed by atoms with E-state index in [9.17, 15) is 5.11 Å². The first-order valence-electron chi connectivity index (χ1n) is 7.44. The topological polar surface area (TPSA) is 41.9 Å². The van der Waals surface area contributed by atoms with Gasteiger partial charge in [-0.05, 0) is 19.4 Å². The van der Waals surface area contributed by atoms with Crippen LogP contribution < -0.4 is 0 Å². The van der Waals surface area contributed by atoms with E-state index in [4.69, 9.17) is 9.47 Å². The zero-order valence-corrected chi connectivity index (χ0v) is 12.6. The highest BCUT2D eigenvalue weighted by Crippen LogP contribution is 2.36. The average molecular weight is 289 g/mol. The Morgan fingerprint density at radius 2 is 2.05 bits per heavy atom. The largest absolute Gasteiger partial charge is 0.388 e. The Hall–Kier alpha value is -1.20. The molecule has 4 atom stereocenters. The van der Waals surface area contributed by atoms with Crippen LogP contribution in [0.5, 0.6) is 0 Å². The Balaban J connectivity index is 1.79. The number of ether oxygens (including phenoxy) is 2. The Kier molecular flexibility index (Phi) is 3.88. The van der Waals surface area contributed by atoms with Gasteiger partial charge in [0.1, 0.15) is 18.3 Å². The lowest BCUT2D eigenvalue weighted by atomic mass is 9.93. The Morgan fingerprint density at radius 3 is 2.71 bits per heavy atom. The van der Waals surface area contributed by atoms with Crippen LogP contribution in [0.25, 0.3) is 0 Å². The number of benzene rings is 1. The maximum absolute atomic E-state index is 10.6. The Labute approximate surface area is 126 Å². The highest BCUT2D eigenvalue weighted by molar-refractivity contribution is 5.16. The van der Waals surface area contributed by atoms with Crippen LogP contribution in [0.2, 0.25) is 0 Å². The van der Waals surface area contributed by atoms with Gasteiger partial charge in [-0.1, -0.05) is 36.4 Å². The molecule has 1 aromatic rings. The summed E-state index contributed by atoms with van der Waals surface area (Å²) >= 11 is 0. The SMILES string of the molecule is C=C[C@@H]1[C@@H](O)[C@@H]2OC(C)(C)O[C@H]2CN1Cc1ccccc1. The molecule has 1 aromatic carbocycles. The molecular formula is C17H23NO3. The van der Waals surface area contributed by atoms with Crippen LogP contribution in [-0.4, -0.2) is 46.7 Å². The molecule has 0 aliphatic carbocycles. The molecule has 0 bridgehead atoms. The van der Waals surface area contributed by atoms with Gasteiger partial charge >= 0.3 is 0 Å². The fourth-order valence-corrected chi connectivity index (χ4v) is 3.33. The van der Waals surface area contributed by atoms with E-state index in [0.29, 0.717) is 0 Å². The fourth-order valence-electron chi connectivity index (χ4n) is 3.33. The van der Waals surface area contributed by atoms with E-state index in [-0.39, 0.29) is 18.2 Å². The number of aliphatic hydroxyl groups excluding tert-OH is 1. The molecule has 0 saturated carbocycles. The molecule has 2 heterocycles. The summed E-state index contributed by atoms with van der Waals surface area (Å²) in [6, 6.07) is 10.1. The van der Waals surface area contributed by atoms with Gasteiger partial charge in [0.05, 0.1) is 6.04 Å². The highest BCUT2D eigenvalue weighted by Gasteiger charge is 2.51. The predicted octanol–water partition coefficient (Wildman–Crippen LogP) is 1.94. The molecule has 0 unspecified atom stereocenters. The van der Waals surface area contributed by atoms with Crippen LogP contribution in [0, 0.1) is 0 Å².